The standard InChI is InChI=1S/C22H38O2/c1-3-5-7-22(23)24-21-16-14-20(15-17-21)13-12-19-10-8-18(6-4-2)9-11-19/h5,7,18-21H,3-4,6,8-17H2,1-2H3/b7-5+. The van der Waals surface area contributed by atoms with Crippen molar-refractivity contribution in [3.05, 3.63) is 12.2 Å². The molecule has 0 bridgehead atoms. The lowest BCUT2D eigenvalue weighted by atomic mass is 9.76. The van der Waals surface area contributed by atoms with Crippen molar-refractivity contribution in [2.45, 2.75) is 103 Å². The molecule has 0 aliphatic heterocycles. The zero-order chi connectivity index (χ0) is 17.2. The average Bonchev–Trinajstić information content (AvgIpc) is 2.61. The number of hydrogen-bond donors (Lipinski definition) is 0. The van der Waals surface area contributed by atoms with Crippen LogP contribution in [0.25, 0.3) is 0 Å². The van der Waals surface area contributed by atoms with Crippen molar-refractivity contribution in [2.75, 3.05) is 0 Å². The maximum absolute atomic E-state index is 11.6. The minimum absolute atomic E-state index is 0.149. The number of rotatable bonds is 8. The third kappa shape index (κ3) is 6.99. The van der Waals surface area contributed by atoms with Crippen LogP contribution in [-0.2, 0) is 9.53 Å². The number of carbonyl (C=O) groups excluding carboxylic acids is 1. The van der Waals surface area contributed by atoms with Gasteiger partial charge in [0, 0.05) is 6.08 Å². The fraction of sp³-hybridized carbons (Fsp3) is 0.864. The summed E-state index contributed by atoms with van der Waals surface area (Å²) in [7, 11) is 0. The molecule has 0 aromatic heterocycles. The van der Waals surface area contributed by atoms with Gasteiger partial charge in [-0.15, -0.1) is 0 Å². The maximum Gasteiger partial charge on any atom is 0.330 e. The van der Waals surface area contributed by atoms with Gasteiger partial charge in [-0.25, -0.2) is 4.79 Å². The Kier molecular flexibility index (Phi) is 8.91. The fourth-order valence-corrected chi connectivity index (χ4v) is 4.64. The van der Waals surface area contributed by atoms with Gasteiger partial charge in [0.1, 0.15) is 6.10 Å². The molecule has 2 fully saturated rings. The van der Waals surface area contributed by atoms with Crippen LogP contribution in [0.2, 0.25) is 0 Å². The summed E-state index contributed by atoms with van der Waals surface area (Å²) in [6.45, 7) is 4.35. The largest absolute Gasteiger partial charge is 0.459 e. The lowest BCUT2D eigenvalue weighted by Gasteiger charge is -2.31. The van der Waals surface area contributed by atoms with Crippen molar-refractivity contribution in [3.8, 4) is 0 Å². The molecule has 0 N–H and O–H groups in total. The van der Waals surface area contributed by atoms with E-state index in [9.17, 15) is 4.79 Å². The molecule has 0 heterocycles. The highest BCUT2D eigenvalue weighted by atomic mass is 16.5. The van der Waals surface area contributed by atoms with Crippen molar-refractivity contribution >= 4 is 5.97 Å². The first-order valence-corrected chi connectivity index (χ1v) is 10.6. The Morgan fingerprint density at radius 3 is 1.83 bits per heavy atom. The van der Waals surface area contributed by atoms with E-state index in [-0.39, 0.29) is 12.1 Å². The molecule has 0 radical (unpaired) electrons. The quantitative estimate of drug-likeness (QED) is 0.377. The Hall–Kier alpha value is -0.790. The fourth-order valence-electron chi connectivity index (χ4n) is 4.64. The molecular weight excluding hydrogens is 296 g/mol. The minimum atomic E-state index is -0.149. The van der Waals surface area contributed by atoms with Crippen molar-refractivity contribution < 1.29 is 9.53 Å². The number of allylic oxidation sites excluding steroid dienone is 1. The number of hydrogen-bond acceptors (Lipinski definition) is 2. The highest BCUT2D eigenvalue weighted by Crippen LogP contribution is 2.36. The van der Waals surface area contributed by atoms with Gasteiger partial charge < -0.3 is 4.74 Å². The first-order chi connectivity index (χ1) is 11.7. The summed E-state index contributed by atoms with van der Waals surface area (Å²) in [5.41, 5.74) is 0. The van der Waals surface area contributed by atoms with E-state index in [2.05, 4.69) is 6.92 Å². The summed E-state index contributed by atoms with van der Waals surface area (Å²) in [5.74, 6) is 2.75. The van der Waals surface area contributed by atoms with Crippen LogP contribution in [0.5, 0.6) is 0 Å². The third-order valence-electron chi connectivity index (χ3n) is 6.21. The molecule has 0 saturated heterocycles. The van der Waals surface area contributed by atoms with Crippen LogP contribution >= 0.6 is 0 Å². The SMILES string of the molecule is CC/C=C/C(=O)OC1CCC(CCC2CCC(CCC)CC2)CC1. The van der Waals surface area contributed by atoms with E-state index in [0.717, 1.165) is 37.0 Å². The number of carbonyl (C=O) groups is 1. The van der Waals surface area contributed by atoms with Crippen LogP contribution in [0.3, 0.4) is 0 Å². The zero-order valence-electron chi connectivity index (χ0n) is 16.0. The topological polar surface area (TPSA) is 26.3 Å². The highest BCUT2D eigenvalue weighted by Gasteiger charge is 2.25. The smallest absolute Gasteiger partial charge is 0.330 e. The Morgan fingerprint density at radius 1 is 0.833 bits per heavy atom. The first kappa shape index (κ1) is 19.5. The molecule has 0 aromatic rings. The lowest BCUT2D eigenvalue weighted by molar-refractivity contribution is -0.144. The highest BCUT2D eigenvalue weighted by molar-refractivity contribution is 5.82. The van der Waals surface area contributed by atoms with E-state index in [1.165, 1.54) is 64.2 Å². The van der Waals surface area contributed by atoms with Crippen LogP contribution in [0.1, 0.15) is 97.3 Å². The molecule has 2 nitrogen and oxygen atoms in total. The van der Waals surface area contributed by atoms with Crippen LogP contribution < -0.4 is 0 Å². The second kappa shape index (κ2) is 10.9. The Bertz CT molecular complexity index is 371. The van der Waals surface area contributed by atoms with Gasteiger partial charge in [-0.3, -0.25) is 0 Å². The third-order valence-corrected chi connectivity index (χ3v) is 6.21. The normalized spacial score (nSPS) is 31.2. The predicted molar refractivity (Wildman–Crippen MR) is 101 cm³/mol. The molecule has 0 spiro atoms. The van der Waals surface area contributed by atoms with Gasteiger partial charge in [0.15, 0.2) is 0 Å². The van der Waals surface area contributed by atoms with Crippen molar-refractivity contribution in [1.82, 2.24) is 0 Å². The van der Waals surface area contributed by atoms with Crippen LogP contribution in [0, 0.1) is 17.8 Å². The Balaban J connectivity index is 1.57. The molecule has 0 amide bonds. The molecule has 0 atom stereocenters. The Morgan fingerprint density at radius 2 is 1.33 bits per heavy atom. The van der Waals surface area contributed by atoms with Crippen molar-refractivity contribution in [3.63, 3.8) is 0 Å². The van der Waals surface area contributed by atoms with Crippen molar-refractivity contribution in [1.29, 1.82) is 0 Å². The van der Waals surface area contributed by atoms with Crippen LogP contribution in [-0.4, -0.2) is 12.1 Å². The second-order valence-electron chi connectivity index (χ2n) is 8.14. The van der Waals surface area contributed by atoms with Crippen molar-refractivity contribution in [2.24, 2.45) is 17.8 Å². The van der Waals surface area contributed by atoms with Gasteiger partial charge in [-0.1, -0.05) is 71.3 Å². The number of esters is 1. The molecule has 2 saturated carbocycles. The molecular formula is C22H38O2. The lowest BCUT2D eigenvalue weighted by Crippen LogP contribution is -2.24. The summed E-state index contributed by atoms with van der Waals surface area (Å²) in [5, 5.41) is 0. The summed E-state index contributed by atoms with van der Waals surface area (Å²) in [6.07, 6.45) is 20.7. The maximum atomic E-state index is 11.6. The summed E-state index contributed by atoms with van der Waals surface area (Å²) in [6, 6.07) is 0. The van der Waals surface area contributed by atoms with Gasteiger partial charge in [-0.2, -0.15) is 0 Å². The van der Waals surface area contributed by atoms with E-state index in [0.29, 0.717) is 0 Å². The summed E-state index contributed by atoms with van der Waals surface area (Å²) in [4.78, 5) is 11.6. The second-order valence-corrected chi connectivity index (χ2v) is 8.14. The summed E-state index contributed by atoms with van der Waals surface area (Å²) >= 11 is 0. The average molecular weight is 335 g/mol. The van der Waals surface area contributed by atoms with Gasteiger partial charge in [0.05, 0.1) is 0 Å². The molecule has 0 unspecified atom stereocenters. The van der Waals surface area contributed by atoms with E-state index in [1.54, 1.807) is 6.08 Å². The van der Waals surface area contributed by atoms with Gasteiger partial charge >= 0.3 is 5.97 Å². The zero-order valence-corrected chi connectivity index (χ0v) is 16.0. The Labute approximate surface area is 149 Å². The summed E-state index contributed by atoms with van der Waals surface area (Å²) < 4.78 is 5.55. The van der Waals surface area contributed by atoms with Gasteiger partial charge in [0.2, 0.25) is 0 Å². The van der Waals surface area contributed by atoms with Gasteiger partial charge in [0.25, 0.3) is 0 Å². The van der Waals surface area contributed by atoms with Gasteiger partial charge in [-0.05, 0) is 49.9 Å². The molecule has 0 aromatic carbocycles. The molecule has 24 heavy (non-hydrogen) atoms. The monoisotopic (exact) mass is 334 g/mol. The van der Waals surface area contributed by atoms with E-state index < -0.39 is 0 Å². The van der Waals surface area contributed by atoms with Crippen LogP contribution in [0.4, 0.5) is 0 Å². The number of ether oxygens (including phenoxy) is 1. The molecule has 2 heteroatoms. The van der Waals surface area contributed by atoms with E-state index >= 15 is 0 Å². The molecule has 2 aliphatic rings. The van der Waals surface area contributed by atoms with E-state index in [1.807, 2.05) is 13.0 Å². The molecule has 2 rings (SSSR count). The predicted octanol–water partition coefficient (Wildman–Crippen LogP) is 6.44. The minimum Gasteiger partial charge on any atom is -0.459 e. The van der Waals surface area contributed by atoms with Crippen LogP contribution in [0.15, 0.2) is 12.2 Å². The molecule has 138 valence electrons. The molecule has 2 aliphatic carbocycles. The first-order valence-electron chi connectivity index (χ1n) is 10.6. The van der Waals surface area contributed by atoms with E-state index in [4.69, 9.17) is 4.74 Å².